The Morgan fingerprint density at radius 1 is 1.02 bits per heavy atom. The number of hydrogen-bond donors (Lipinski definition) is 0. The molecule has 4 aliphatic heterocycles. The summed E-state index contributed by atoms with van der Waals surface area (Å²) in [7, 11) is 2.14. The minimum absolute atomic E-state index is 0.0717. The highest BCUT2D eigenvalue weighted by molar-refractivity contribution is 8.18. The van der Waals surface area contributed by atoms with E-state index >= 15 is 0 Å². The first kappa shape index (κ1) is 30.0. The summed E-state index contributed by atoms with van der Waals surface area (Å²) in [5.41, 5.74) is 2.63. The van der Waals surface area contributed by atoms with Crippen LogP contribution in [0.1, 0.15) is 50.8 Å². The van der Waals surface area contributed by atoms with E-state index in [1.807, 2.05) is 29.2 Å². The summed E-state index contributed by atoms with van der Waals surface area (Å²) in [6.45, 7) is 11.6. The van der Waals surface area contributed by atoms with Crippen LogP contribution in [-0.2, 0) is 15.2 Å². The number of amidine groups is 1. The number of fused-ring (bicyclic) bond motifs is 1. The van der Waals surface area contributed by atoms with E-state index in [2.05, 4.69) is 66.9 Å². The Labute approximate surface area is 263 Å². The first-order chi connectivity index (χ1) is 20.2. The Hall–Kier alpha value is -2.07. The number of likely N-dealkylation sites (tertiary alicyclic amines) is 1. The summed E-state index contributed by atoms with van der Waals surface area (Å²) >= 11 is 14.1. The predicted octanol–water partition coefficient (Wildman–Crippen LogP) is 6.41. The van der Waals surface area contributed by atoms with Crippen molar-refractivity contribution in [3.05, 3.63) is 80.3 Å². The Balaban J connectivity index is 1.31. The van der Waals surface area contributed by atoms with E-state index in [1.54, 1.807) is 0 Å². The van der Waals surface area contributed by atoms with Crippen molar-refractivity contribution >= 4 is 46.0 Å². The highest BCUT2D eigenvalue weighted by atomic mass is 35.5. The molecule has 4 aliphatic rings. The molecule has 0 N–H and O–H groups in total. The quantitative estimate of drug-likeness (QED) is 0.354. The molecule has 0 aliphatic carbocycles. The van der Waals surface area contributed by atoms with Crippen LogP contribution in [0.25, 0.3) is 0 Å². The number of thioether (sulfide) groups is 1. The van der Waals surface area contributed by atoms with Gasteiger partial charge in [0.05, 0.1) is 18.7 Å². The van der Waals surface area contributed by atoms with Crippen molar-refractivity contribution in [1.29, 1.82) is 0 Å². The number of amides is 1. The van der Waals surface area contributed by atoms with Crippen molar-refractivity contribution in [2.75, 3.05) is 46.4 Å². The molecule has 2 aromatic rings. The predicted molar refractivity (Wildman–Crippen MR) is 171 cm³/mol. The molecule has 0 spiro atoms. The Morgan fingerprint density at radius 3 is 2.31 bits per heavy atom. The molecule has 0 aromatic heterocycles. The van der Waals surface area contributed by atoms with Crippen LogP contribution in [-0.4, -0.2) is 83.3 Å². The lowest BCUT2D eigenvalue weighted by Gasteiger charge is -2.37. The molecule has 10 heteroatoms. The highest BCUT2D eigenvalue weighted by Gasteiger charge is 2.53. The standard InChI is InChI=1S/C32H39Cl2N5O2S/c1-21(2)27-28(30(40)38-15-5-6-26(38)20-41-37-18-16-36(4)17-19-37)42-31-35-32(3,23-9-13-25(34)14-10-23)29(39(27)31)22-7-11-24(33)12-8-22/h7-14,21,26,29H,5-6,15-20H2,1-4H3/t26-,29+,32-/m0/s1. The number of piperazine rings is 1. The van der Waals surface area contributed by atoms with Crippen molar-refractivity contribution in [3.8, 4) is 0 Å². The van der Waals surface area contributed by atoms with Crippen LogP contribution < -0.4 is 0 Å². The van der Waals surface area contributed by atoms with Gasteiger partial charge in [0, 0.05) is 48.5 Å². The number of carbonyl (C=O) groups is 1. The van der Waals surface area contributed by atoms with Gasteiger partial charge in [-0.15, -0.1) is 0 Å². The normalized spacial score (nSPS) is 26.9. The van der Waals surface area contributed by atoms with E-state index in [-0.39, 0.29) is 23.9 Å². The SMILES string of the molecule is CC(C)C1=C(C(=O)N2CCC[C@H]2CON2CCN(C)CC2)SC2=N[C@@](C)(c3ccc(Cl)cc3)[C@@H](c3ccc(Cl)cc3)N21. The van der Waals surface area contributed by atoms with Crippen LogP contribution in [0.15, 0.2) is 64.1 Å². The first-order valence-electron chi connectivity index (χ1n) is 14.9. The minimum atomic E-state index is -0.581. The average molecular weight is 629 g/mol. The summed E-state index contributed by atoms with van der Waals surface area (Å²) in [4.78, 5) is 33.3. The molecular formula is C32H39Cl2N5O2S. The van der Waals surface area contributed by atoms with E-state index in [0.717, 1.165) is 72.5 Å². The number of likely N-dealkylation sites (N-methyl/N-ethyl adjacent to an activating group) is 1. The Bertz CT molecular complexity index is 1370. The lowest BCUT2D eigenvalue weighted by molar-refractivity contribution is -0.185. The number of hydroxylamine groups is 2. The molecule has 42 heavy (non-hydrogen) atoms. The molecule has 224 valence electrons. The maximum absolute atomic E-state index is 14.3. The summed E-state index contributed by atoms with van der Waals surface area (Å²) in [6.07, 6.45) is 1.95. The van der Waals surface area contributed by atoms with E-state index in [0.29, 0.717) is 16.7 Å². The number of benzene rings is 2. The van der Waals surface area contributed by atoms with Crippen molar-refractivity contribution in [1.82, 2.24) is 19.8 Å². The molecule has 0 bridgehead atoms. The van der Waals surface area contributed by atoms with Gasteiger partial charge in [0.25, 0.3) is 5.91 Å². The van der Waals surface area contributed by atoms with Crippen LogP contribution in [0.4, 0.5) is 0 Å². The van der Waals surface area contributed by atoms with Crippen molar-refractivity contribution < 1.29 is 9.63 Å². The van der Waals surface area contributed by atoms with Crippen LogP contribution in [0.3, 0.4) is 0 Å². The zero-order chi connectivity index (χ0) is 29.6. The topological polar surface area (TPSA) is 51.6 Å². The van der Waals surface area contributed by atoms with Crippen LogP contribution in [0.5, 0.6) is 0 Å². The third-order valence-electron chi connectivity index (χ3n) is 8.92. The molecule has 0 radical (unpaired) electrons. The number of hydrogen-bond acceptors (Lipinski definition) is 7. The summed E-state index contributed by atoms with van der Waals surface area (Å²) in [6, 6.07) is 15.9. The fraction of sp³-hybridized carbons (Fsp3) is 0.500. The fourth-order valence-corrected chi connectivity index (χ4v) is 8.20. The second kappa shape index (κ2) is 12.1. The van der Waals surface area contributed by atoms with Crippen molar-refractivity contribution in [3.63, 3.8) is 0 Å². The molecule has 3 atom stereocenters. The Kier molecular flexibility index (Phi) is 8.66. The van der Waals surface area contributed by atoms with Gasteiger partial charge in [0.1, 0.15) is 10.4 Å². The fourth-order valence-electron chi connectivity index (χ4n) is 6.58. The molecule has 4 heterocycles. The van der Waals surface area contributed by atoms with Gasteiger partial charge in [0.2, 0.25) is 0 Å². The van der Waals surface area contributed by atoms with Gasteiger partial charge in [-0.1, -0.05) is 61.3 Å². The van der Waals surface area contributed by atoms with E-state index in [1.165, 1.54) is 11.8 Å². The van der Waals surface area contributed by atoms with Gasteiger partial charge < -0.3 is 14.7 Å². The smallest absolute Gasteiger partial charge is 0.262 e. The molecule has 7 nitrogen and oxygen atoms in total. The lowest BCUT2D eigenvalue weighted by Crippen LogP contribution is -2.46. The maximum Gasteiger partial charge on any atom is 0.262 e. The van der Waals surface area contributed by atoms with Crippen molar-refractivity contribution in [2.24, 2.45) is 10.9 Å². The van der Waals surface area contributed by atoms with E-state index in [4.69, 9.17) is 33.0 Å². The number of nitrogens with zero attached hydrogens (tertiary/aromatic N) is 5. The van der Waals surface area contributed by atoms with Crippen LogP contribution in [0.2, 0.25) is 10.0 Å². The summed E-state index contributed by atoms with van der Waals surface area (Å²) < 4.78 is 0. The van der Waals surface area contributed by atoms with E-state index in [9.17, 15) is 4.79 Å². The molecule has 1 amide bonds. The first-order valence-corrected chi connectivity index (χ1v) is 16.4. The van der Waals surface area contributed by atoms with Gasteiger partial charge in [-0.2, -0.15) is 5.06 Å². The summed E-state index contributed by atoms with van der Waals surface area (Å²) in [5, 5.41) is 4.31. The molecule has 0 unspecified atom stereocenters. The van der Waals surface area contributed by atoms with Gasteiger partial charge in [-0.05, 0) is 79.9 Å². The Morgan fingerprint density at radius 2 is 1.67 bits per heavy atom. The molecule has 2 saturated heterocycles. The molecule has 6 rings (SSSR count). The second-order valence-electron chi connectivity index (χ2n) is 12.2. The summed E-state index contributed by atoms with van der Waals surface area (Å²) in [5.74, 6) is 0.211. The van der Waals surface area contributed by atoms with E-state index < -0.39 is 5.54 Å². The lowest BCUT2D eigenvalue weighted by atomic mass is 9.81. The van der Waals surface area contributed by atoms with Crippen molar-refractivity contribution in [2.45, 2.75) is 51.2 Å². The minimum Gasteiger partial charge on any atom is -0.333 e. The zero-order valence-electron chi connectivity index (χ0n) is 24.7. The monoisotopic (exact) mass is 627 g/mol. The maximum atomic E-state index is 14.3. The largest absolute Gasteiger partial charge is 0.333 e. The van der Waals surface area contributed by atoms with Gasteiger partial charge in [-0.25, -0.2) is 4.99 Å². The highest BCUT2D eigenvalue weighted by Crippen LogP contribution is 2.56. The van der Waals surface area contributed by atoms with Crippen LogP contribution >= 0.6 is 35.0 Å². The van der Waals surface area contributed by atoms with Gasteiger partial charge >= 0.3 is 0 Å². The average Bonchev–Trinajstić information content (AvgIpc) is 3.66. The third-order valence-corrected chi connectivity index (χ3v) is 10.5. The molecular weight excluding hydrogens is 589 g/mol. The molecule has 2 aromatic carbocycles. The zero-order valence-corrected chi connectivity index (χ0v) is 27.1. The number of carbonyl (C=O) groups excluding carboxylic acids is 1. The molecule has 0 saturated carbocycles. The number of rotatable bonds is 7. The number of aliphatic imine (C=N–C) groups is 1. The number of halogens is 2. The second-order valence-corrected chi connectivity index (χ2v) is 14.0. The number of allylic oxidation sites excluding steroid dienone is 1. The third kappa shape index (κ3) is 5.62. The van der Waals surface area contributed by atoms with Crippen LogP contribution in [0, 0.1) is 5.92 Å². The molecule has 2 fully saturated rings. The van der Waals surface area contributed by atoms with Gasteiger partial charge in [0.15, 0.2) is 5.17 Å². The van der Waals surface area contributed by atoms with Gasteiger partial charge in [-0.3, -0.25) is 9.63 Å².